The van der Waals surface area contributed by atoms with Crippen LogP contribution in [0.2, 0.25) is 0 Å². The Hall–Kier alpha value is -3.19. The van der Waals surface area contributed by atoms with Crippen LogP contribution in [0.1, 0.15) is 17.4 Å². The zero-order valence-electron chi connectivity index (χ0n) is 15.2. The minimum absolute atomic E-state index is 0.0213. The van der Waals surface area contributed by atoms with Crippen LogP contribution in [-0.2, 0) is 18.3 Å². The van der Waals surface area contributed by atoms with Gasteiger partial charge in [-0.25, -0.2) is 4.68 Å². The molecule has 0 spiro atoms. The Kier molecular flexibility index (Phi) is 5.23. The van der Waals surface area contributed by atoms with E-state index in [0.717, 1.165) is 0 Å². The molecule has 7 nitrogen and oxygen atoms in total. The topological polar surface area (TPSA) is 95.7 Å². The molecule has 1 unspecified atom stereocenters. The summed E-state index contributed by atoms with van der Waals surface area (Å²) in [6, 6.07) is 13.3. The maximum absolute atomic E-state index is 12.6. The number of nitrogens with zero attached hydrogens (tertiary/aromatic N) is 3. The number of aromatic nitrogens is 2. The lowest BCUT2D eigenvalue weighted by molar-refractivity contribution is -0.130. The number of aryl methyl sites for hydroxylation is 1. The number of rotatable bonds is 5. The first kappa shape index (κ1) is 18.6. The van der Waals surface area contributed by atoms with Gasteiger partial charge >= 0.3 is 0 Å². The van der Waals surface area contributed by atoms with E-state index in [0.29, 0.717) is 22.0 Å². The van der Waals surface area contributed by atoms with Crippen LogP contribution in [-0.4, -0.2) is 44.4 Å². The van der Waals surface area contributed by atoms with Crippen molar-refractivity contribution >= 4 is 16.7 Å². The Labute approximate surface area is 156 Å². The minimum Gasteiger partial charge on any atom is -0.508 e. The molecule has 140 valence electrons. The van der Waals surface area contributed by atoms with Gasteiger partial charge in [-0.3, -0.25) is 9.59 Å². The Morgan fingerprint density at radius 1 is 1.15 bits per heavy atom. The molecular weight excluding hydrogens is 346 g/mol. The highest BCUT2D eigenvalue weighted by Gasteiger charge is 2.18. The molecule has 0 aliphatic rings. The van der Waals surface area contributed by atoms with E-state index in [1.54, 1.807) is 50.5 Å². The molecule has 7 heteroatoms. The van der Waals surface area contributed by atoms with Crippen molar-refractivity contribution < 1.29 is 15.0 Å². The van der Waals surface area contributed by atoms with E-state index in [4.69, 9.17) is 0 Å². The number of phenols is 1. The molecule has 0 fully saturated rings. The van der Waals surface area contributed by atoms with Crippen molar-refractivity contribution in [2.45, 2.75) is 12.5 Å². The average Bonchev–Trinajstić information content (AvgIpc) is 2.66. The highest BCUT2D eigenvalue weighted by atomic mass is 16.3. The molecule has 2 N–H and O–H groups in total. The van der Waals surface area contributed by atoms with Gasteiger partial charge in [-0.15, -0.1) is 0 Å². The second kappa shape index (κ2) is 7.59. The molecule has 0 saturated carbocycles. The van der Waals surface area contributed by atoms with Crippen molar-refractivity contribution in [1.29, 1.82) is 0 Å². The largest absolute Gasteiger partial charge is 0.508 e. The van der Waals surface area contributed by atoms with Crippen LogP contribution in [0.5, 0.6) is 5.75 Å². The van der Waals surface area contributed by atoms with Crippen LogP contribution in [0.15, 0.2) is 53.3 Å². The van der Waals surface area contributed by atoms with Crippen LogP contribution in [0, 0.1) is 0 Å². The fourth-order valence-electron chi connectivity index (χ4n) is 2.95. The van der Waals surface area contributed by atoms with Crippen LogP contribution >= 0.6 is 0 Å². The number of hydrogen-bond donors (Lipinski definition) is 2. The Morgan fingerprint density at radius 2 is 1.78 bits per heavy atom. The molecule has 0 radical (unpaired) electrons. The first-order valence-corrected chi connectivity index (χ1v) is 8.52. The van der Waals surface area contributed by atoms with Gasteiger partial charge in [0.05, 0.1) is 30.1 Å². The highest BCUT2D eigenvalue weighted by Crippen LogP contribution is 2.18. The van der Waals surface area contributed by atoms with E-state index in [2.05, 4.69) is 5.10 Å². The van der Waals surface area contributed by atoms with Crippen molar-refractivity contribution in [1.82, 2.24) is 14.7 Å². The molecule has 1 heterocycles. The molecule has 1 aromatic heterocycles. The lowest BCUT2D eigenvalue weighted by atomic mass is 10.1. The van der Waals surface area contributed by atoms with Crippen molar-refractivity contribution in [3.63, 3.8) is 0 Å². The number of carbonyl (C=O) groups is 1. The Balaban J connectivity index is 1.77. The minimum atomic E-state index is -0.871. The number of benzene rings is 2. The third kappa shape index (κ3) is 3.98. The molecular formula is C20H21N3O4. The van der Waals surface area contributed by atoms with E-state index >= 15 is 0 Å². The lowest BCUT2D eigenvalue weighted by Crippen LogP contribution is -2.33. The van der Waals surface area contributed by atoms with Gasteiger partial charge in [-0.05, 0) is 23.8 Å². The van der Waals surface area contributed by atoms with Crippen LogP contribution in [0.3, 0.4) is 0 Å². The van der Waals surface area contributed by atoms with Crippen molar-refractivity contribution in [2.24, 2.45) is 7.05 Å². The molecule has 3 rings (SSSR count). The van der Waals surface area contributed by atoms with Gasteiger partial charge < -0.3 is 15.1 Å². The predicted octanol–water partition coefficient (Wildman–Crippen LogP) is 1.37. The Morgan fingerprint density at radius 3 is 2.44 bits per heavy atom. The van der Waals surface area contributed by atoms with Crippen molar-refractivity contribution in [3.05, 3.63) is 70.1 Å². The molecule has 27 heavy (non-hydrogen) atoms. The number of fused-ring (bicyclic) bond motifs is 1. The smallest absolute Gasteiger partial charge is 0.274 e. The summed E-state index contributed by atoms with van der Waals surface area (Å²) < 4.78 is 1.23. The highest BCUT2D eigenvalue weighted by molar-refractivity contribution is 5.88. The van der Waals surface area contributed by atoms with Gasteiger partial charge in [0, 0.05) is 19.5 Å². The second-order valence-electron chi connectivity index (χ2n) is 6.48. The predicted molar refractivity (Wildman–Crippen MR) is 101 cm³/mol. The summed E-state index contributed by atoms with van der Waals surface area (Å²) in [7, 11) is 3.16. The number of carbonyl (C=O) groups excluding carboxylic acids is 1. The first-order chi connectivity index (χ1) is 12.9. The Bertz CT molecular complexity index is 1030. The second-order valence-corrected chi connectivity index (χ2v) is 6.48. The molecule has 0 bridgehead atoms. The van der Waals surface area contributed by atoms with Crippen molar-refractivity contribution in [2.75, 3.05) is 13.6 Å². The number of hydrogen-bond acceptors (Lipinski definition) is 5. The third-order valence-electron chi connectivity index (χ3n) is 4.50. The van der Waals surface area contributed by atoms with Gasteiger partial charge in [0.15, 0.2) is 0 Å². The molecule has 1 atom stereocenters. The van der Waals surface area contributed by atoms with Crippen LogP contribution in [0.4, 0.5) is 0 Å². The number of aliphatic hydroxyl groups is 1. The summed E-state index contributed by atoms with van der Waals surface area (Å²) in [4.78, 5) is 26.2. The molecule has 3 aromatic rings. The summed E-state index contributed by atoms with van der Waals surface area (Å²) in [5, 5.41) is 25.0. The molecule has 0 aliphatic carbocycles. The fourth-order valence-corrected chi connectivity index (χ4v) is 2.95. The summed E-state index contributed by atoms with van der Waals surface area (Å²) in [6.07, 6.45) is -0.850. The number of likely N-dealkylation sites (N-methyl/N-ethyl adjacent to an activating group) is 1. The summed E-state index contributed by atoms with van der Waals surface area (Å²) in [5.74, 6) is -0.104. The number of aromatic hydroxyl groups is 1. The number of phenolic OH excluding ortho intramolecular Hbond substituents is 1. The third-order valence-corrected chi connectivity index (χ3v) is 4.50. The standard InChI is InChI=1S/C20H21N3O4/c1-22(12-18(25)13-7-9-14(24)10-8-13)19(26)11-17-15-5-3-4-6-16(15)20(27)23(2)21-17/h3-10,18,24-25H,11-12H2,1-2H3. The summed E-state index contributed by atoms with van der Waals surface area (Å²) in [5.41, 5.74) is 0.916. The average molecular weight is 367 g/mol. The van der Waals surface area contributed by atoms with Crippen LogP contribution < -0.4 is 5.56 Å². The van der Waals surface area contributed by atoms with E-state index in [9.17, 15) is 19.8 Å². The maximum Gasteiger partial charge on any atom is 0.274 e. The fraction of sp³-hybridized carbons (Fsp3) is 0.250. The molecule has 0 saturated heterocycles. The zero-order valence-corrected chi connectivity index (χ0v) is 15.2. The first-order valence-electron chi connectivity index (χ1n) is 8.52. The van der Waals surface area contributed by atoms with Gasteiger partial charge in [-0.2, -0.15) is 5.10 Å². The van der Waals surface area contributed by atoms with Crippen molar-refractivity contribution in [3.8, 4) is 5.75 Å². The van der Waals surface area contributed by atoms with E-state index in [1.807, 2.05) is 0 Å². The van der Waals surface area contributed by atoms with Gasteiger partial charge in [0.2, 0.25) is 5.91 Å². The molecule has 1 amide bonds. The maximum atomic E-state index is 12.6. The van der Waals surface area contributed by atoms with E-state index < -0.39 is 6.10 Å². The summed E-state index contributed by atoms with van der Waals surface area (Å²) >= 11 is 0. The number of aliphatic hydroxyl groups excluding tert-OH is 1. The van der Waals surface area contributed by atoms with E-state index in [-0.39, 0.29) is 30.2 Å². The SMILES string of the molecule is CN(CC(O)c1ccc(O)cc1)C(=O)Cc1nn(C)c(=O)c2ccccc12. The normalized spacial score (nSPS) is 12.1. The van der Waals surface area contributed by atoms with Crippen LogP contribution in [0.25, 0.3) is 10.8 Å². The molecule has 0 aliphatic heterocycles. The summed E-state index contributed by atoms with van der Waals surface area (Å²) in [6.45, 7) is 0.104. The molecule has 2 aromatic carbocycles. The van der Waals surface area contributed by atoms with Gasteiger partial charge in [0.25, 0.3) is 5.56 Å². The number of amides is 1. The monoisotopic (exact) mass is 367 g/mol. The zero-order chi connectivity index (χ0) is 19.6. The van der Waals surface area contributed by atoms with E-state index in [1.165, 1.54) is 21.7 Å². The van der Waals surface area contributed by atoms with Gasteiger partial charge in [0.1, 0.15) is 5.75 Å². The van der Waals surface area contributed by atoms with Gasteiger partial charge in [-0.1, -0.05) is 30.3 Å². The quantitative estimate of drug-likeness (QED) is 0.710. The lowest BCUT2D eigenvalue weighted by Gasteiger charge is -2.21.